The normalized spacial score (nSPS) is 11.8. The lowest BCUT2D eigenvalue weighted by atomic mass is 10.2. The van der Waals surface area contributed by atoms with Gasteiger partial charge in [0.25, 0.3) is 5.91 Å². The van der Waals surface area contributed by atoms with Crippen molar-refractivity contribution in [3.8, 4) is 0 Å². The van der Waals surface area contributed by atoms with Crippen LogP contribution >= 0.6 is 11.3 Å². The van der Waals surface area contributed by atoms with E-state index >= 15 is 0 Å². The zero-order valence-electron chi connectivity index (χ0n) is 13.5. The highest BCUT2D eigenvalue weighted by molar-refractivity contribution is 7.20. The number of hydrogen-bond acceptors (Lipinski definition) is 3. The second kappa shape index (κ2) is 7.20. The molecule has 0 saturated heterocycles. The summed E-state index contributed by atoms with van der Waals surface area (Å²) < 4.78 is 14.5. The van der Waals surface area contributed by atoms with Crippen LogP contribution < -0.4 is 5.32 Å². The van der Waals surface area contributed by atoms with Gasteiger partial charge >= 0.3 is 0 Å². The van der Waals surface area contributed by atoms with Crippen LogP contribution in [0.5, 0.6) is 0 Å². The van der Waals surface area contributed by atoms with E-state index in [1.807, 2.05) is 6.07 Å². The Morgan fingerprint density at radius 1 is 1.27 bits per heavy atom. The third-order valence-electron chi connectivity index (χ3n) is 3.71. The van der Waals surface area contributed by atoms with Gasteiger partial charge in [-0.25, -0.2) is 4.39 Å². The Hall–Kier alpha value is -1.46. The lowest BCUT2D eigenvalue weighted by Crippen LogP contribution is -2.42. The molecule has 1 heterocycles. The summed E-state index contributed by atoms with van der Waals surface area (Å²) in [6.45, 7) is 9.99. The SMILES string of the molecule is CC(C)N(CCNC(=O)c1cc2c(F)cccc2s1)C(C)C. The maximum atomic E-state index is 13.7. The minimum Gasteiger partial charge on any atom is -0.350 e. The molecule has 1 aromatic carbocycles. The number of amides is 1. The Balaban J connectivity index is 1.98. The number of thiophene rings is 1. The third kappa shape index (κ3) is 3.84. The number of fused-ring (bicyclic) bond motifs is 1. The fraction of sp³-hybridized carbons (Fsp3) is 0.471. The standard InChI is InChI=1S/C17H23FN2OS/c1-11(2)20(12(3)4)9-8-19-17(21)16-10-13-14(18)6-5-7-15(13)22-16/h5-7,10-12H,8-9H2,1-4H3,(H,19,21). The predicted molar refractivity (Wildman–Crippen MR) is 91.1 cm³/mol. The molecule has 22 heavy (non-hydrogen) atoms. The maximum Gasteiger partial charge on any atom is 0.261 e. The van der Waals surface area contributed by atoms with Crippen molar-refractivity contribution in [2.24, 2.45) is 0 Å². The van der Waals surface area contributed by atoms with E-state index in [9.17, 15) is 9.18 Å². The van der Waals surface area contributed by atoms with Gasteiger partial charge in [-0.3, -0.25) is 9.69 Å². The summed E-state index contributed by atoms with van der Waals surface area (Å²) in [6, 6.07) is 7.43. The lowest BCUT2D eigenvalue weighted by molar-refractivity contribution is 0.0943. The first-order valence-corrected chi connectivity index (χ1v) is 8.43. The number of nitrogens with one attached hydrogen (secondary N) is 1. The minimum atomic E-state index is -0.279. The van der Waals surface area contributed by atoms with Crippen LogP contribution in [0.25, 0.3) is 10.1 Å². The van der Waals surface area contributed by atoms with Crippen molar-refractivity contribution in [1.29, 1.82) is 0 Å². The van der Waals surface area contributed by atoms with Crippen molar-refractivity contribution in [3.05, 3.63) is 35.0 Å². The Labute approximate surface area is 135 Å². The summed E-state index contributed by atoms with van der Waals surface area (Å²) in [6.07, 6.45) is 0. The van der Waals surface area contributed by atoms with Gasteiger partial charge in [0.1, 0.15) is 5.82 Å². The van der Waals surface area contributed by atoms with E-state index in [0.717, 1.165) is 11.2 Å². The molecule has 2 aromatic rings. The molecular weight excluding hydrogens is 299 g/mol. The summed E-state index contributed by atoms with van der Waals surface area (Å²) in [5.41, 5.74) is 0. The molecule has 1 amide bonds. The molecule has 5 heteroatoms. The molecule has 0 fully saturated rings. The van der Waals surface area contributed by atoms with Crippen LogP contribution in [0.4, 0.5) is 4.39 Å². The van der Waals surface area contributed by atoms with Crippen LogP contribution in [0.15, 0.2) is 24.3 Å². The molecule has 1 N–H and O–H groups in total. The molecule has 3 nitrogen and oxygen atoms in total. The first-order valence-electron chi connectivity index (χ1n) is 7.62. The average Bonchev–Trinajstić information content (AvgIpc) is 2.88. The zero-order chi connectivity index (χ0) is 16.3. The van der Waals surface area contributed by atoms with Gasteiger partial charge in [0.15, 0.2) is 0 Å². The monoisotopic (exact) mass is 322 g/mol. The molecular formula is C17H23FN2OS. The van der Waals surface area contributed by atoms with Gasteiger partial charge in [0, 0.05) is 35.3 Å². The largest absolute Gasteiger partial charge is 0.350 e. The van der Waals surface area contributed by atoms with Crippen molar-refractivity contribution in [1.82, 2.24) is 10.2 Å². The summed E-state index contributed by atoms with van der Waals surface area (Å²) in [4.78, 5) is 15.1. The molecule has 0 bridgehead atoms. The number of nitrogens with zero attached hydrogens (tertiary/aromatic N) is 1. The Morgan fingerprint density at radius 2 is 1.95 bits per heavy atom. The Morgan fingerprint density at radius 3 is 2.55 bits per heavy atom. The van der Waals surface area contributed by atoms with E-state index in [0.29, 0.717) is 28.9 Å². The molecule has 0 aliphatic rings. The van der Waals surface area contributed by atoms with Gasteiger partial charge in [0.05, 0.1) is 4.88 Å². The quantitative estimate of drug-likeness (QED) is 0.875. The predicted octanol–water partition coefficient (Wildman–Crippen LogP) is 3.89. The third-order valence-corrected chi connectivity index (χ3v) is 4.81. The second-order valence-electron chi connectivity index (χ2n) is 5.94. The molecule has 0 spiro atoms. The van der Waals surface area contributed by atoms with Gasteiger partial charge in [0.2, 0.25) is 0 Å². The second-order valence-corrected chi connectivity index (χ2v) is 7.03. The molecule has 0 aliphatic heterocycles. The number of benzene rings is 1. The van der Waals surface area contributed by atoms with E-state index in [2.05, 4.69) is 37.9 Å². The zero-order valence-corrected chi connectivity index (χ0v) is 14.3. The van der Waals surface area contributed by atoms with E-state index in [-0.39, 0.29) is 11.7 Å². The van der Waals surface area contributed by atoms with Gasteiger partial charge in [-0.1, -0.05) is 6.07 Å². The van der Waals surface area contributed by atoms with Crippen LogP contribution in [-0.4, -0.2) is 36.0 Å². The molecule has 0 unspecified atom stereocenters. The number of rotatable bonds is 6. The number of carbonyl (C=O) groups excluding carboxylic acids is 1. The van der Waals surface area contributed by atoms with Crippen molar-refractivity contribution < 1.29 is 9.18 Å². The Bertz CT molecular complexity index is 643. The molecule has 2 rings (SSSR count). The summed E-state index contributed by atoms with van der Waals surface area (Å²) in [7, 11) is 0. The van der Waals surface area contributed by atoms with Gasteiger partial charge in [-0.15, -0.1) is 11.3 Å². The fourth-order valence-corrected chi connectivity index (χ4v) is 3.63. The molecule has 120 valence electrons. The lowest BCUT2D eigenvalue weighted by Gasteiger charge is -2.30. The van der Waals surface area contributed by atoms with E-state index < -0.39 is 0 Å². The Kier molecular flexibility index (Phi) is 5.53. The number of carbonyl (C=O) groups is 1. The maximum absolute atomic E-state index is 13.7. The minimum absolute atomic E-state index is 0.131. The van der Waals surface area contributed by atoms with Crippen LogP contribution in [0.2, 0.25) is 0 Å². The van der Waals surface area contributed by atoms with Crippen molar-refractivity contribution in [3.63, 3.8) is 0 Å². The van der Waals surface area contributed by atoms with Gasteiger partial charge in [-0.2, -0.15) is 0 Å². The number of halogens is 1. The van der Waals surface area contributed by atoms with Crippen molar-refractivity contribution in [2.45, 2.75) is 39.8 Å². The van der Waals surface area contributed by atoms with Crippen molar-refractivity contribution >= 4 is 27.3 Å². The average molecular weight is 322 g/mol. The first kappa shape index (κ1) is 16.9. The highest BCUT2D eigenvalue weighted by atomic mass is 32.1. The number of hydrogen-bond donors (Lipinski definition) is 1. The molecule has 0 atom stereocenters. The van der Waals surface area contributed by atoms with E-state index in [4.69, 9.17) is 0 Å². The summed E-state index contributed by atoms with van der Waals surface area (Å²) >= 11 is 1.33. The van der Waals surface area contributed by atoms with Crippen LogP contribution in [-0.2, 0) is 0 Å². The summed E-state index contributed by atoms with van der Waals surface area (Å²) in [5.74, 6) is -0.411. The highest BCUT2D eigenvalue weighted by Gasteiger charge is 2.15. The highest BCUT2D eigenvalue weighted by Crippen LogP contribution is 2.27. The van der Waals surface area contributed by atoms with Gasteiger partial charge < -0.3 is 5.32 Å². The molecule has 0 saturated carbocycles. The van der Waals surface area contributed by atoms with Gasteiger partial charge in [-0.05, 0) is 45.9 Å². The molecule has 0 radical (unpaired) electrons. The molecule has 1 aromatic heterocycles. The topological polar surface area (TPSA) is 32.3 Å². The van der Waals surface area contributed by atoms with Crippen LogP contribution in [0.3, 0.4) is 0 Å². The summed E-state index contributed by atoms with van der Waals surface area (Å²) in [5, 5.41) is 3.44. The van der Waals surface area contributed by atoms with Crippen LogP contribution in [0.1, 0.15) is 37.4 Å². The van der Waals surface area contributed by atoms with Crippen LogP contribution in [0, 0.1) is 5.82 Å². The smallest absolute Gasteiger partial charge is 0.261 e. The fourth-order valence-electron chi connectivity index (χ4n) is 2.64. The first-order chi connectivity index (χ1) is 10.4. The molecule has 0 aliphatic carbocycles. The van der Waals surface area contributed by atoms with Crippen molar-refractivity contribution in [2.75, 3.05) is 13.1 Å². The van der Waals surface area contributed by atoms with E-state index in [1.165, 1.54) is 17.4 Å². The van der Waals surface area contributed by atoms with E-state index in [1.54, 1.807) is 12.1 Å².